The van der Waals surface area contributed by atoms with Gasteiger partial charge < -0.3 is 5.32 Å². The molecule has 0 bridgehead atoms. The summed E-state index contributed by atoms with van der Waals surface area (Å²) in [5.74, 6) is 0.374. The predicted octanol–water partition coefficient (Wildman–Crippen LogP) is 1.90. The van der Waals surface area contributed by atoms with Crippen molar-refractivity contribution in [3.05, 3.63) is 40.2 Å². The van der Waals surface area contributed by atoms with Gasteiger partial charge in [-0.05, 0) is 44.0 Å². The second kappa shape index (κ2) is 6.16. The Morgan fingerprint density at radius 3 is 2.83 bits per heavy atom. The Balaban J connectivity index is 1.83. The van der Waals surface area contributed by atoms with E-state index in [1.807, 2.05) is 26.8 Å². The molecule has 126 valence electrons. The van der Waals surface area contributed by atoms with E-state index in [0.29, 0.717) is 22.5 Å². The van der Waals surface area contributed by atoms with E-state index in [1.54, 1.807) is 17.1 Å². The number of amides is 2. The lowest BCUT2D eigenvalue weighted by Gasteiger charge is -2.32. The van der Waals surface area contributed by atoms with E-state index >= 15 is 0 Å². The number of carbonyl (C=O) groups is 2. The van der Waals surface area contributed by atoms with Gasteiger partial charge in [0.15, 0.2) is 0 Å². The van der Waals surface area contributed by atoms with Crippen LogP contribution in [0.5, 0.6) is 0 Å². The maximum atomic E-state index is 12.7. The zero-order chi connectivity index (χ0) is 17.4. The van der Waals surface area contributed by atoms with Gasteiger partial charge >= 0.3 is 0 Å². The standard InChI is InChI=1S/C16H18ClN5O2/c1-8(2)14-20-16-19-13(23)7-12(22(16)21-14)15(24)18-11-5-4-9(3)6-10(11)17/h4-6,12,21H,7H2,1-3H3,(H,18,24)(H,19,20,23)/t12-/m0/s1. The number of aliphatic imine (C=N–C) groups is 1. The van der Waals surface area contributed by atoms with Crippen molar-refractivity contribution in [2.75, 3.05) is 5.32 Å². The van der Waals surface area contributed by atoms with Crippen LogP contribution in [0.2, 0.25) is 5.02 Å². The summed E-state index contributed by atoms with van der Waals surface area (Å²) < 4.78 is 0. The number of rotatable bonds is 2. The number of allylic oxidation sites excluding steroid dienone is 1. The summed E-state index contributed by atoms with van der Waals surface area (Å²) in [6.07, 6.45) is 0.0252. The van der Waals surface area contributed by atoms with Crippen molar-refractivity contribution in [3.63, 3.8) is 0 Å². The van der Waals surface area contributed by atoms with Gasteiger partial charge in [-0.3, -0.25) is 20.3 Å². The fourth-order valence-corrected chi connectivity index (χ4v) is 2.76. The molecule has 0 radical (unpaired) electrons. The van der Waals surface area contributed by atoms with Gasteiger partial charge in [0.1, 0.15) is 11.9 Å². The van der Waals surface area contributed by atoms with E-state index in [2.05, 4.69) is 21.1 Å². The highest BCUT2D eigenvalue weighted by Gasteiger charge is 2.39. The van der Waals surface area contributed by atoms with Crippen molar-refractivity contribution in [2.24, 2.45) is 4.99 Å². The summed E-state index contributed by atoms with van der Waals surface area (Å²) in [7, 11) is 0. The number of hydrogen-bond acceptors (Lipinski definition) is 5. The number of halogens is 1. The van der Waals surface area contributed by atoms with Crippen LogP contribution in [0.15, 0.2) is 34.6 Å². The van der Waals surface area contributed by atoms with Crippen molar-refractivity contribution >= 4 is 35.1 Å². The molecule has 1 saturated heterocycles. The number of benzene rings is 1. The second-order valence-electron chi connectivity index (χ2n) is 6.01. The predicted molar refractivity (Wildman–Crippen MR) is 92.2 cm³/mol. The van der Waals surface area contributed by atoms with Crippen LogP contribution in [0.4, 0.5) is 5.69 Å². The van der Waals surface area contributed by atoms with Crippen molar-refractivity contribution in [3.8, 4) is 0 Å². The molecule has 3 rings (SSSR count). The van der Waals surface area contributed by atoms with E-state index in [9.17, 15) is 9.59 Å². The fraction of sp³-hybridized carbons (Fsp3) is 0.312. The van der Waals surface area contributed by atoms with Gasteiger partial charge in [-0.25, -0.2) is 5.01 Å². The van der Waals surface area contributed by atoms with Crippen LogP contribution >= 0.6 is 11.6 Å². The Morgan fingerprint density at radius 1 is 1.42 bits per heavy atom. The smallest absolute Gasteiger partial charge is 0.249 e. The summed E-state index contributed by atoms with van der Waals surface area (Å²) in [5, 5.41) is 7.47. The molecule has 3 N–H and O–H groups in total. The lowest BCUT2D eigenvalue weighted by Crippen LogP contribution is -2.61. The first-order chi connectivity index (χ1) is 11.3. The van der Waals surface area contributed by atoms with Crippen molar-refractivity contribution in [1.82, 2.24) is 15.8 Å². The van der Waals surface area contributed by atoms with Crippen molar-refractivity contribution < 1.29 is 9.59 Å². The van der Waals surface area contributed by atoms with Gasteiger partial charge in [-0.15, -0.1) is 0 Å². The van der Waals surface area contributed by atoms with Crippen LogP contribution in [0.25, 0.3) is 0 Å². The van der Waals surface area contributed by atoms with E-state index < -0.39 is 6.04 Å². The zero-order valence-electron chi connectivity index (χ0n) is 13.6. The molecule has 0 spiro atoms. The van der Waals surface area contributed by atoms with E-state index in [0.717, 1.165) is 11.1 Å². The highest BCUT2D eigenvalue weighted by Crippen LogP contribution is 2.24. The molecule has 8 heteroatoms. The highest BCUT2D eigenvalue weighted by atomic mass is 35.5. The monoisotopic (exact) mass is 347 g/mol. The summed E-state index contributed by atoms with van der Waals surface area (Å²) in [4.78, 5) is 28.9. The third kappa shape index (κ3) is 3.07. The normalized spacial score (nSPS) is 19.2. The summed E-state index contributed by atoms with van der Waals surface area (Å²) >= 11 is 6.16. The Bertz CT molecular complexity index is 783. The van der Waals surface area contributed by atoms with E-state index in [-0.39, 0.29) is 18.2 Å². The minimum atomic E-state index is -0.716. The van der Waals surface area contributed by atoms with Crippen LogP contribution in [0, 0.1) is 6.92 Å². The molecule has 0 aromatic heterocycles. The van der Waals surface area contributed by atoms with Crippen molar-refractivity contribution in [1.29, 1.82) is 0 Å². The van der Waals surface area contributed by atoms with Crippen LogP contribution in [-0.2, 0) is 9.59 Å². The van der Waals surface area contributed by atoms with Crippen LogP contribution in [0.3, 0.4) is 0 Å². The second-order valence-corrected chi connectivity index (χ2v) is 6.41. The number of fused-ring (bicyclic) bond motifs is 1. The number of carbonyl (C=O) groups excluding carboxylic acids is 2. The molecule has 2 aliphatic heterocycles. The molecule has 24 heavy (non-hydrogen) atoms. The lowest BCUT2D eigenvalue weighted by molar-refractivity contribution is -0.129. The molecule has 7 nitrogen and oxygen atoms in total. The molecule has 1 atom stereocenters. The van der Waals surface area contributed by atoms with Gasteiger partial charge in [0.2, 0.25) is 17.8 Å². The minimum Gasteiger partial charge on any atom is -0.323 e. The van der Waals surface area contributed by atoms with Gasteiger partial charge in [0.05, 0.1) is 17.1 Å². The maximum absolute atomic E-state index is 12.7. The third-order valence-corrected chi connectivity index (χ3v) is 4.09. The highest BCUT2D eigenvalue weighted by molar-refractivity contribution is 6.33. The van der Waals surface area contributed by atoms with E-state index in [1.165, 1.54) is 0 Å². The molecule has 2 heterocycles. The van der Waals surface area contributed by atoms with Gasteiger partial charge in [-0.1, -0.05) is 17.7 Å². The third-order valence-electron chi connectivity index (χ3n) is 3.77. The Kier molecular flexibility index (Phi) is 4.19. The SMILES string of the molecule is CC(C)=C1N=C2NC(=O)C[C@@H](C(=O)Nc3ccc(C)cc3Cl)N2N1. The molecule has 0 aliphatic carbocycles. The Hall–Kier alpha value is -2.54. The largest absolute Gasteiger partial charge is 0.323 e. The fourth-order valence-electron chi connectivity index (χ4n) is 2.48. The number of anilines is 1. The quantitative estimate of drug-likeness (QED) is 0.762. The molecule has 1 aromatic carbocycles. The molecule has 2 amide bonds. The number of nitrogens with zero attached hydrogens (tertiary/aromatic N) is 2. The number of hydrazine groups is 1. The topological polar surface area (TPSA) is 85.8 Å². The number of aryl methyl sites for hydroxylation is 1. The molecule has 0 saturated carbocycles. The summed E-state index contributed by atoms with van der Waals surface area (Å²) in [5.41, 5.74) is 5.52. The van der Waals surface area contributed by atoms with Gasteiger partial charge in [0, 0.05) is 0 Å². The summed E-state index contributed by atoms with van der Waals surface area (Å²) in [6, 6.07) is 4.66. The maximum Gasteiger partial charge on any atom is 0.249 e. The van der Waals surface area contributed by atoms with Gasteiger partial charge in [-0.2, -0.15) is 4.99 Å². The minimum absolute atomic E-state index is 0.0252. The number of nitrogens with one attached hydrogen (secondary N) is 3. The lowest BCUT2D eigenvalue weighted by atomic mass is 10.1. The van der Waals surface area contributed by atoms with Gasteiger partial charge in [0.25, 0.3) is 0 Å². The first-order valence-electron chi connectivity index (χ1n) is 7.54. The van der Waals surface area contributed by atoms with E-state index in [4.69, 9.17) is 11.6 Å². The van der Waals surface area contributed by atoms with Crippen LogP contribution in [-0.4, -0.2) is 28.8 Å². The summed E-state index contributed by atoms with van der Waals surface area (Å²) in [6.45, 7) is 5.71. The Labute approximate surface area is 144 Å². The average Bonchev–Trinajstić information content (AvgIpc) is 2.93. The molecule has 1 aromatic rings. The molecule has 0 unspecified atom stereocenters. The molecule has 1 fully saturated rings. The molecular formula is C16H18ClN5O2. The molecule has 2 aliphatic rings. The number of hydrogen-bond donors (Lipinski definition) is 3. The van der Waals surface area contributed by atoms with Crippen LogP contribution < -0.4 is 16.1 Å². The number of guanidine groups is 1. The van der Waals surface area contributed by atoms with Crippen molar-refractivity contribution in [2.45, 2.75) is 33.2 Å². The first kappa shape index (κ1) is 16.3. The zero-order valence-corrected chi connectivity index (χ0v) is 14.4. The average molecular weight is 348 g/mol. The van der Waals surface area contributed by atoms with Crippen LogP contribution in [0.1, 0.15) is 25.8 Å². The Morgan fingerprint density at radius 2 is 2.17 bits per heavy atom. The first-order valence-corrected chi connectivity index (χ1v) is 7.92. The molecular weight excluding hydrogens is 330 g/mol.